The first-order valence-corrected chi connectivity index (χ1v) is 11.1. The molecule has 0 fully saturated rings. The van der Waals surface area contributed by atoms with Crippen molar-refractivity contribution in [1.29, 1.82) is 0 Å². The number of urea groups is 1. The molecule has 2 aromatic carbocycles. The van der Waals surface area contributed by atoms with Gasteiger partial charge in [-0.05, 0) is 49.2 Å². The quantitative estimate of drug-likeness (QED) is 0.189. The first-order valence-electron chi connectivity index (χ1n) is 11.1. The minimum Gasteiger partial charge on any atom is -0.493 e. The summed E-state index contributed by atoms with van der Waals surface area (Å²) in [6.45, 7) is 3.08. The average Bonchev–Trinajstić information content (AvgIpc) is 2.87. The lowest BCUT2D eigenvalue weighted by molar-refractivity contribution is -0.384. The number of allylic oxidation sites excluding steroid dienone is 1. The summed E-state index contributed by atoms with van der Waals surface area (Å²) in [4.78, 5) is 46.9. The van der Waals surface area contributed by atoms with E-state index in [0.29, 0.717) is 16.8 Å². The number of nitro groups is 1. The summed E-state index contributed by atoms with van der Waals surface area (Å²) in [5, 5.41) is 19.8. The molecular formula is C24H25N5O8. The average molecular weight is 511 g/mol. The Hall–Kier alpha value is -4.94. The Balaban J connectivity index is 1.66. The third-order valence-corrected chi connectivity index (χ3v) is 5.15. The molecule has 2 aromatic rings. The number of hydrogen-bond acceptors (Lipinski definition) is 9. The summed E-state index contributed by atoms with van der Waals surface area (Å²) in [5.74, 6) is -0.603. The second-order valence-electron chi connectivity index (χ2n) is 7.63. The monoisotopic (exact) mass is 511 g/mol. The molecule has 0 unspecified atom stereocenters. The fourth-order valence-corrected chi connectivity index (χ4v) is 3.44. The SMILES string of the molecule is CCOC(=O)C1=C(C)NC(=O)N[C@@H]1c1ccc(OCC(=O)N/N=C\c2ccc([N+](=O)[O-])cc2)c(OC)c1. The van der Waals surface area contributed by atoms with Crippen molar-refractivity contribution in [3.8, 4) is 11.5 Å². The Morgan fingerprint density at radius 1 is 1.19 bits per heavy atom. The maximum Gasteiger partial charge on any atom is 0.338 e. The summed E-state index contributed by atoms with van der Waals surface area (Å²) >= 11 is 0. The van der Waals surface area contributed by atoms with E-state index >= 15 is 0 Å². The van der Waals surface area contributed by atoms with Crippen molar-refractivity contribution in [2.45, 2.75) is 19.9 Å². The van der Waals surface area contributed by atoms with Gasteiger partial charge >= 0.3 is 12.0 Å². The molecule has 0 radical (unpaired) electrons. The Morgan fingerprint density at radius 2 is 1.92 bits per heavy atom. The predicted molar refractivity (Wildman–Crippen MR) is 131 cm³/mol. The van der Waals surface area contributed by atoms with Crippen molar-refractivity contribution in [3.05, 3.63) is 75.0 Å². The van der Waals surface area contributed by atoms with Gasteiger partial charge in [0.2, 0.25) is 0 Å². The van der Waals surface area contributed by atoms with Crippen molar-refractivity contribution in [2.75, 3.05) is 20.3 Å². The molecule has 3 N–H and O–H groups in total. The van der Waals surface area contributed by atoms with Crippen molar-refractivity contribution in [1.82, 2.24) is 16.1 Å². The van der Waals surface area contributed by atoms with Gasteiger partial charge in [-0.15, -0.1) is 0 Å². The summed E-state index contributed by atoms with van der Waals surface area (Å²) < 4.78 is 16.1. The van der Waals surface area contributed by atoms with E-state index in [1.807, 2.05) is 0 Å². The van der Waals surface area contributed by atoms with Crippen LogP contribution in [-0.2, 0) is 14.3 Å². The van der Waals surface area contributed by atoms with E-state index in [1.54, 1.807) is 32.0 Å². The molecular weight excluding hydrogens is 486 g/mol. The first-order chi connectivity index (χ1) is 17.7. The van der Waals surface area contributed by atoms with Crippen LogP contribution in [0.1, 0.15) is 31.0 Å². The number of hydrogen-bond donors (Lipinski definition) is 3. The molecule has 194 valence electrons. The van der Waals surface area contributed by atoms with Gasteiger partial charge in [0.05, 0.1) is 36.5 Å². The second kappa shape index (κ2) is 12.2. The highest BCUT2D eigenvalue weighted by Crippen LogP contribution is 2.34. The molecule has 0 saturated heterocycles. The molecule has 0 aromatic heterocycles. The number of non-ortho nitro benzene ring substituents is 1. The number of methoxy groups -OCH3 is 1. The van der Waals surface area contributed by atoms with E-state index in [1.165, 1.54) is 37.6 Å². The number of esters is 1. The lowest BCUT2D eigenvalue weighted by atomic mass is 9.95. The summed E-state index contributed by atoms with van der Waals surface area (Å²) in [5.41, 5.74) is 3.96. The van der Waals surface area contributed by atoms with E-state index in [2.05, 4.69) is 21.2 Å². The third-order valence-electron chi connectivity index (χ3n) is 5.15. The molecule has 1 atom stereocenters. The lowest BCUT2D eigenvalue weighted by Gasteiger charge is -2.28. The normalized spacial score (nSPS) is 15.0. The largest absolute Gasteiger partial charge is 0.493 e. The maximum atomic E-state index is 12.5. The molecule has 0 spiro atoms. The molecule has 1 aliphatic rings. The third kappa shape index (κ3) is 6.81. The van der Waals surface area contributed by atoms with Crippen molar-refractivity contribution >= 4 is 29.8 Å². The fourth-order valence-electron chi connectivity index (χ4n) is 3.44. The predicted octanol–water partition coefficient (Wildman–Crippen LogP) is 2.32. The number of amides is 3. The Kier molecular flexibility index (Phi) is 8.76. The minimum absolute atomic E-state index is 0.0552. The van der Waals surface area contributed by atoms with Gasteiger partial charge < -0.3 is 24.8 Å². The fraction of sp³-hybridized carbons (Fsp3) is 0.250. The molecule has 1 heterocycles. The Morgan fingerprint density at radius 3 is 2.57 bits per heavy atom. The Labute approximate surface area is 211 Å². The van der Waals surface area contributed by atoms with Crippen LogP contribution in [0.5, 0.6) is 11.5 Å². The van der Waals surface area contributed by atoms with E-state index in [0.717, 1.165) is 0 Å². The molecule has 0 aliphatic carbocycles. The summed E-state index contributed by atoms with van der Waals surface area (Å²) in [6, 6.07) is 9.14. The van der Waals surface area contributed by atoms with Crippen LogP contribution in [0.25, 0.3) is 0 Å². The van der Waals surface area contributed by atoms with Crippen LogP contribution in [0, 0.1) is 10.1 Å². The van der Waals surface area contributed by atoms with Gasteiger partial charge in [0.1, 0.15) is 0 Å². The molecule has 13 nitrogen and oxygen atoms in total. The van der Waals surface area contributed by atoms with Gasteiger partial charge in [-0.2, -0.15) is 5.10 Å². The molecule has 1 aliphatic heterocycles. The van der Waals surface area contributed by atoms with Crippen LogP contribution < -0.4 is 25.5 Å². The zero-order valence-electron chi connectivity index (χ0n) is 20.3. The molecule has 3 amide bonds. The van der Waals surface area contributed by atoms with Crippen molar-refractivity contribution < 1.29 is 33.5 Å². The van der Waals surface area contributed by atoms with Crippen LogP contribution in [-0.4, -0.2) is 49.4 Å². The van der Waals surface area contributed by atoms with Gasteiger partial charge in [-0.3, -0.25) is 14.9 Å². The Bertz CT molecular complexity index is 1260. The molecule has 37 heavy (non-hydrogen) atoms. The standard InChI is InChI=1S/C24H25N5O8/c1-4-36-23(31)21-14(2)26-24(32)27-22(21)16-7-10-18(19(11-16)35-3)37-13-20(30)28-25-12-15-5-8-17(9-6-15)29(33)34/h5-12,22H,4,13H2,1-3H3,(H,28,30)(H2,26,27,32)/b25-12-/t22-/m1/s1. The number of benzene rings is 2. The minimum atomic E-state index is -0.784. The highest BCUT2D eigenvalue weighted by molar-refractivity contribution is 5.95. The highest BCUT2D eigenvalue weighted by atomic mass is 16.6. The number of nitro benzene ring substituents is 1. The number of ether oxygens (including phenoxy) is 3. The van der Waals surface area contributed by atoms with Crippen molar-refractivity contribution in [2.24, 2.45) is 5.10 Å². The van der Waals surface area contributed by atoms with E-state index in [9.17, 15) is 24.5 Å². The summed E-state index contributed by atoms with van der Waals surface area (Å²) in [6.07, 6.45) is 1.33. The number of carbonyl (C=O) groups excluding carboxylic acids is 3. The first kappa shape index (κ1) is 26.7. The smallest absolute Gasteiger partial charge is 0.338 e. The van der Waals surface area contributed by atoms with Crippen LogP contribution >= 0.6 is 0 Å². The van der Waals surface area contributed by atoms with E-state index in [-0.39, 0.29) is 36.0 Å². The van der Waals surface area contributed by atoms with Gasteiger partial charge in [0, 0.05) is 17.8 Å². The van der Waals surface area contributed by atoms with Crippen molar-refractivity contribution in [3.63, 3.8) is 0 Å². The zero-order valence-corrected chi connectivity index (χ0v) is 20.3. The van der Waals surface area contributed by atoms with E-state index < -0.39 is 28.9 Å². The second-order valence-corrected chi connectivity index (χ2v) is 7.63. The van der Waals surface area contributed by atoms with E-state index in [4.69, 9.17) is 14.2 Å². The molecule has 3 rings (SSSR count). The van der Waals surface area contributed by atoms with Crippen LogP contribution in [0.2, 0.25) is 0 Å². The van der Waals surface area contributed by atoms with Crippen LogP contribution in [0.3, 0.4) is 0 Å². The lowest BCUT2D eigenvalue weighted by Crippen LogP contribution is -2.45. The topological polar surface area (TPSA) is 170 Å². The van der Waals surface area contributed by atoms with Crippen LogP contribution in [0.15, 0.2) is 58.8 Å². The van der Waals surface area contributed by atoms with Gasteiger partial charge in [-0.25, -0.2) is 15.0 Å². The number of hydrazone groups is 1. The molecule has 0 saturated carbocycles. The molecule has 13 heteroatoms. The number of nitrogens with one attached hydrogen (secondary N) is 3. The van der Waals surface area contributed by atoms with Crippen LogP contribution in [0.4, 0.5) is 10.5 Å². The van der Waals surface area contributed by atoms with Gasteiger partial charge in [0.15, 0.2) is 18.1 Å². The number of rotatable bonds is 10. The van der Waals surface area contributed by atoms with Gasteiger partial charge in [-0.1, -0.05) is 6.07 Å². The highest BCUT2D eigenvalue weighted by Gasteiger charge is 2.32. The summed E-state index contributed by atoms with van der Waals surface area (Å²) in [7, 11) is 1.41. The molecule has 0 bridgehead atoms. The zero-order chi connectivity index (χ0) is 26.9. The van der Waals surface area contributed by atoms with Gasteiger partial charge in [0.25, 0.3) is 11.6 Å². The maximum absolute atomic E-state index is 12.5. The number of nitrogens with zero attached hydrogens (tertiary/aromatic N) is 2. The number of carbonyl (C=O) groups is 3.